The largest absolute Gasteiger partial charge is 0.481 e. The van der Waals surface area contributed by atoms with Crippen molar-refractivity contribution in [2.45, 2.75) is 6.92 Å². The van der Waals surface area contributed by atoms with E-state index < -0.39 is 17.8 Å². The monoisotopic (exact) mass is 260 g/mol. The van der Waals surface area contributed by atoms with E-state index in [1.165, 1.54) is 13.1 Å². The van der Waals surface area contributed by atoms with Gasteiger partial charge in [-0.25, -0.2) is 9.67 Å². The van der Waals surface area contributed by atoms with Gasteiger partial charge in [-0.1, -0.05) is 0 Å². The molecule has 0 aliphatic heterocycles. The molecule has 7 nitrogen and oxygen atoms in total. The third kappa shape index (κ3) is 2.95. The Morgan fingerprint density at radius 2 is 2.21 bits per heavy atom. The van der Waals surface area contributed by atoms with E-state index in [9.17, 15) is 9.59 Å². The number of pyridine rings is 1. The van der Waals surface area contributed by atoms with Crippen molar-refractivity contribution >= 4 is 17.6 Å². The Balaban J connectivity index is 2.07. The lowest BCUT2D eigenvalue weighted by molar-refractivity contribution is -0.144. The highest BCUT2D eigenvalue weighted by molar-refractivity contribution is 6.03. The maximum absolute atomic E-state index is 11.5. The van der Waals surface area contributed by atoms with Crippen molar-refractivity contribution in [3.05, 3.63) is 36.8 Å². The molecule has 98 valence electrons. The van der Waals surface area contributed by atoms with Crippen molar-refractivity contribution in [2.75, 3.05) is 5.32 Å². The molecule has 0 saturated carbocycles. The van der Waals surface area contributed by atoms with Crippen molar-refractivity contribution in [2.24, 2.45) is 5.92 Å². The Hall–Kier alpha value is -2.70. The van der Waals surface area contributed by atoms with Gasteiger partial charge in [0.2, 0.25) is 5.91 Å². The molecule has 1 atom stereocenters. The summed E-state index contributed by atoms with van der Waals surface area (Å²) < 4.78 is 1.57. The smallest absolute Gasteiger partial charge is 0.315 e. The van der Waals surface area contributed by atoms with Crippen molar-refractivity contribution in [1.82, 2.24) is 14.8 Å². The van der Waals surface area contributed by atoms with E-state index in [1.807, 2.05) is 0 Å². The van der Waals surface area contributed by atoms with Crippen LogP contribution in [0.5, 0.6) is 0 Å². The van der Waals surface area contributed by atoms with Crippen molar-refractivity contribution in [3.8, 4) is 5.82 Å². The summed E-state index contributed by atoms with van der Waals surface area (Å²) in [7, 11) is 0. The number of anilines is 1. The third-order valence-corrected chi connectivity index (χ3v) is 2.52. The Morgan fingerprint density at radius 1 is 1.42 bits per heavy atom. The summed E-state index contributed by atoms with van der Waals surface area (Å²) in [5, 5.41) is 15.2. The number of aliphatic carboxylic acids is 1. The topological polar surface area (TPSA) is 97.1 Å². The van der Waals surface area contributed by atoms with Crippen molar-refractivity contribution in [1.29, 1.82) is 0 Å². The maximum Gasteiger partial charge on any atom is 0.315 e. The highest BCUT2D eigenvalue weighted by atomic mass is 16.4. The first-order chi connectivity index (χ1) is 9.08. The molecule has 0 bridgehead atoms. The number of rotatable bonds is 4. The van der Waals surface area contributed by atoms with Gasteiger partial charge in [0.1, 0.15) is 5.92 Å². The average molecular weight is 260 g/mol. The summed E-state index contributed by atoms with van der Waals surface area (Å²) in [6.07, 6.45) is 4.82. The Kier molecular flexibility index (Phi) is 3.56. The van der Waals surface area contributed by atoms with E-state index >= 15 is 0 Å². The van der Waals surface area contributed by atoms with E-state index in [4.69, 9.17) is 5.11 Å². The molecular weight excluding hydrogens is 248 g/mol. The normalized spacial score (nSPS) is 11.8. The number of hydrogen-bond acceptors (Lipinski definition) is 4. The number of aromatic nitrogens is 3. The highest BCUT2D eigenvalue weighted by Crippen LogP contribution is 2.10. The molecular formula is C12H12N4O3. The lowest BCUT2D eigenvalue weighted by Gasteiger charge is -2.08. The van der Waals surface area contributed by atoms with Gasteiger partial charge in [0, 0.05) is 12.4 Å². The van der Waals surface area contributed by atoms with Crippen molar-refractivity contribution < 1.29 is 14.7 Å². The van der Waals surface area contributed by atoms with Gasteiger partial charge in [-0.3, -0.25) is 9.59 Å². The molecule has 2 heterocycles. The number of carbonyl (C=O) groups excluding carboxylic acids is 1. The lowest BCUT2D eigenvalue weighted by atomic mass is 10.1. The van der Waals surface area contributed by atoms with Crippen LogP contribution in [0, 0.1) is 5.92 Å². The van der Waals surface area contributed by atoms with Crippen LogP contribution < -0.4 is 5.32 Å². The van der Waals surface area contributed by atoms with E-state index in [1.54, 1.807) is 35.3 Å². The van der Waals surface area contributed by atoms with Crippen LogP contribution >= 0.6 is 0 Å². The summed E-state index contributed by atoms with van der Waals surface area (Å²) in [5.41, 5.74) is 0.439. The molecule has 2 aromatic rings. The minimum Gasteiger partial charge on any atom is -0.481 e. The number of nitrogens with one attached hydrogen (secondary N) is 1. The fraction of sp³-hybridized carbons (Fsp3) is 0.167. The zero-order chi connectivity index (χ0) is 13.8. The van der Waals surface area contributed by atoms with Gasteiger partial charge in [-0.2, -0.15) is 5.10 Å². The second-order valence-electron chi connectivity index (χ2n) is 3.90. The fourth-order valence-electron chi connectivity index (χ4n) is 1.36. The van der Waals surface area contributed by atoms with Gasteiger partial charge < -0.3 is 10.4 Å². The first-order valence-electron chi connectivity index (χ1n) is 5.57. The van der Waals surface area contributed by atoms with Crippen LogP contribution in [0.2, 0.25) is 0 Å². The maximum atomic E-state index is 11.5. The molecule has 0 spiro atoms. The minimum absolute atomic E-state index is 0.439. The predicted molar refractivity (Wildman–Crippen MR) is 66.8 cm³/mol. The Labute approximate surface area is 108 Å². The molecule has 2 aromatic heterocycles. The van der Waals surface area contributed by atoms with Crippen LogP contribution in [0.4, 0.5) is 5.69 Å². The van der Waals surface area contributed by atoms with Crippen molar-refractivity contribution in [3.63, 3.8) is 0 Å². The SMILES string of the molecule is CC(C(=O)O)C(=O)Nc1ccc(-n2cccn2)nc1. The predicted octanol–water partition coefficient (Wildman–Crippen LogP) is 0.926. The summed E-state index contributed by atoms with van der Waals surface area (Å²) in [5.74, 6) is -2.25. The average Bonchev–Trinajstić information content (AvgIpc) is 2.92. The van der Waals surface area contributed by atoms with E-state index in [2.05, 4.69) is 15.4 Å². The molecule has 0 aliphatic rings. The molecule has 0 saturated heterocycles. The summed E-state index contributed by atoms with van der Waals surface area (Å²) in [6, 6.07) is 5.08. The number of carboxylic acid groups (broad SMARTS) is 1. The number of carboxylic acids is 1. The zero-order valence-electron chi connectivity index (χ0n) is 10.1. The number of amides is 1. The number of nitrogens with zero attached hydrogens (tertiary/aromatic N) is 3. The van der Waals surface area contributed by atoms with E-state index in [0.717, 1.165) is 0 Å². The van der Waals surface area contributed by atoms with Gasteiger partial charge in [0.15, 0.2) is 5.82 Å². The number of hydrogen-bond donors (Lipinski definition) is 2. The summed E-state index contributed by atoms with van der Waals surface area (Å²) >= 11 is 0. The molecule has 0 aromatic carbocycles. The standard InChI is InChI=1S/C12H12N4O3/c1-8(12(18)19)11(17)15-9-3-4-10(13-7-9)16-6-2-5-14-16/h2-8H,1H3,(H,15,17)(H,18,19). The molecule has 2 rings (SSSR count). The van der Waals surface area contributed by atoms with Gasteiger partial charge in [0.05, 0.1) is 11.9 Å². The quantitative estimate of drug-likeness (QED) is 0.797. The molecule has 7 heteroatoms. The van der Waals surface area contributed by atoms with Gasteiger partial charge in [-0.15, -0.1) is 0 Å². The van der Waals surface area contributed by atoms with E-state index in [-0.39, 0.29) is 0 Å². The van der Waals surface area contributed by atoms with Gasteiger partial charge >= 0.3 is 5.97 Å². The molecule has 0 aliphatic carbocycles. The first-order valence-corrected chi connectivity index (χ1v) is 5.57. The molecule has 1 amide bonds. The summed E-state index contributed by atoms with van der Waals surface area (Å²) in [4.78, 5) is 26.3. The second-order valence-corrected chi connectivity index (χ2v) is 3.90. The van der Waals surface area contributed by atoms with Gasteiger partial charge in [-0.05, 0) is 25.1 Å². The zero-order valence-corrected chi connectivity index (χ0v) is 10.1. The van der Waals surface area contributed by atoms with Crippen LogP contribution in [0.1, 0.15) is 6.92 Å². The lowest BCUT2D eigenvalue weighted by Crippen LogP contribution is -2.26. The highest BCUT2D eigenvalue weighted by Gasteiger charge is 2.20. The molecule has 19 heavy (non-hydrogen) atoms. The Bertz CT molecular complexity index is 578. The van der Waals surface area contributed by atoms with Crippen LogP contribution in [-0.4, -0.2) is 31.7 Å². The third-order valence-electron chi connectivity index (χ3n) is 2.52. The number of carbonyl (C=O) groups is 2. The summed E-state index contributed by atoms with van der Waals surface area (Å²) in [6.45, 7) is 1.32. The molecule has 0 radical (unpaired) electrons. The second kappa shape index (κ2) is 5.30. The first kappa shape index (κ1) is 12.7. The van der Waals surface area contributed by atoms with Crippen LogP contribution in [-0.2, 0) is 9.59 Å². The van der Waals surface area contributed by atoms with Crippen LogP contribution in [0.25, 0.3) is 5.82 Å². The minimum atomic E-state index is -1.17. The Morgan fingerprint density at radius 3 is 2.74 bits per heavy atom. The van der Waals surface area contributed by atoms with Crippen LogP contribution in [0.3, 0.4) is 0 Å². The molecule has 2 N–H and O–H groups in total. The molecule has 0 fully saturated rings. The van der Waals surface area contributed by atoms with Crippen LogP contribution in [0.15, 0.2) is 36.8 Å². The fourth-order valence-corrected chi connectivity index (χ4v) is 1.36. The van der Waals surface area contributed by atoms with Gasteiger partial charge in [0.25, 0.3) is 0 Å². The molecule has 1 unspecified atom stereocenters. The van der Waals surface area contributed by atoms with E-state index in [0.29, 0.717) is 11.5 Å².